The maximum atomic E-state index is 13.2. The van der Waals surface area contributed by atoms with Gasteiger partial charge in [-0.3, -0.25) is 0 Å². The molecule has 0 aliphatic carbocycles. The molecule has 0 saturated carbocycles. The molecule has 1 aromatic carbocycles. The van der Waals surface area contributed by atoms with Crippen molar-refractivity contribution in [2.24, 2.45) is 5.92 Å². The fourth-order valence-electron chi connectivity index (χ4n) is 1.79. The Hall–Kier alpha value is -0.450. The van der Waals surface area contributed by atoms with E-state index in [0.717, 1.165) is 42.6 Å². The summed E-state index contributed by atoms with van der Waals surface area (Å²) < 4.78 is 19.0. The summed E-state index contributed by atoms with van der Waals surface area (Å²) in [4.78, 5) is 0. The first-order chi connectivity index (χ1) is 8.61. The van der Waals surface area contributed by atoms with Crippen molar-refractivity contribution in [1.82, 2.24) is 5.32 Å². The van der Waals surface area contributed by atoms with E-state index in [9.17, 15) is 4.39 Å². The quantitative estimate of drug-likeness (QED) is 0.742. The molecule has 0 radical (unpaired) electrons. The number of nitrogens with one attached hydrogen (secondary N) is 1. The highest BCUT2D eigenvalue weighted by Crippen LogP contribution is 2.17. The maximum Gasteiger partial charge on any atom is 0.124 e. The summed E-state index contributed by atoms with van der Waals surface area (Å²) >= 11 is 3.31. The Morgan fingerprint density at radius 2 is 2.17 bits per heavy atom. The molecular formula is C14H21BrFNO. The highest BCUT2D eigenvalue weighted by molar-refractivity contribution is 9.10. The first-order valence-corrected chi connectivity index (χ1v) is 7.05. The summed E-state index contributed by atoms with van der Waals surface area (Å²) in [5.41, 5.74) is 1.05. The van der Waals surface area contributed by atoms with E-state index < -0.39 is 0 Å². The molecule has 102 valence electrons. The Bertz CT molecular complexity index is 339. The maximum absolute atomic E-state index is 13.2. The molecule has 0 aliphatic rings. The van der Waals surface area contributed by atoms with E-state index in [1.165, 1.54) is 6.07 Å². The van der Waals surface area contributed by atoms with Crippen molar-refractivity contribution in [3.63, 3.8) is 0 Å². The zero-order chi connectivity index (χ0) is 13.4. The summed E-state index contributed by atoms with van der Waals surface area (Å²) in [6.07, 6.45) is 1.96. The molecule has 0 spiro atoms. The van der Waals surface area contributed by atoms with E-state index in [-0.39, 0.29) is 5.82 Å². The third-order valence-electron chi connectivity index (χ3n) is 2.82. The Kier molecular flexibility index (Phi) is 7.47. The molecule has 0 saturated heterocycles. The van der Waals surface area contributed by atoms with Crippen molar-refractivity contribution in [2.75, 3.05) is 26.8 Å². The van der Waals surface area contributed by atoms with Crippen molar-refractivity contribution in [1.29, 1.82) is 0 Å². The number of benzene rings is 1. The van der Waals surface area contributed by atoms with Gasteiger partial charge in [0, 0.05) is 18.1 Å². The Labute approximate surface area is 117 Å². The lowest BCUT2D eigenvalue weighted by Gasteiger charge is -2.12. The summed E-state index contributed by atoms with van der Waals surface area (Å²) in [7, 11) is 1.70. The molecule has 2 nitrogen and oxygen atoms in total. The number of hydrogen-bond donors (Lipinski definition) is 1. The van der Waals surface area contributed by atoms with E-state index in [1.54, 1.807) is 13.2 Å². The topological polar surface area (TPSA) is 21.3 Å². The molecule has 1 atom stereocenters. The van der Waals surface area contributed by atoms with Gasteiger partial charge in [-0.2, -0.15) is 0 Å². The van der Waals surface area contributed by atoms with Crippen molar-refractivity contribution in [3.05, 3.63) is 34.1 Å². The lowest BCUT2D eigenvalue weighted by atomic mass is 10.0. The molecule has 0 aliphatic heterocycles. The highest BCUT2D eigenvalue weighted by atomic mass is 79.9. The number of ether oxygens (including phenoxy) is 1. The van der Waals surface area contributed by atoms with Crippen LogP contribution >= 0.6 is 15.9 Å². The first-order valence-electron chi connectivity index (χ1n) is 6.26. The number of rotatable bonds is 8. The molecule has 0 fully saturated rings. The molecule has 18 heavy (non-hydrogen) atoms. The van der Waals surface area contributed by atoms with Gasteiger partial charge < -0.3 is 10.1 Å². The lowest BCUT2D eigenvalue weighted by molar-refractivity contribution is 0.198. The monoisotopic (exact) mass is 317 g/mol. The van der Waals surface area contributed by atoms with Gasteiger partial charge >= 0.3 is 0 Å². The number of aryl methyl sites for hydroxylation is 1. The molecule has 1 N–H and O–H groups in total. The van der Waals surface area contributed by atoms with Gasteiger partial charge in [-0.05, 0) is 49.1 Å². The zero-order valence-corrected chi connectivity index (χ0v) is 12.6. The fraction of sp³-hybridized carbons (Fsp3) is 0.571. The van der Waals surface area contributed by atoms with Crippen molar-refractivity contribution in [3.8, 4) is 0 Å². The first kappa shape index (κ1) is 15.6. The molecule has 0 aromatic heterocycles. The predicted octanol–water partition coefficient (Wildman–Crippen LogP) is 3.39. The van der Waals surface area contributed by atoms with Crippen LogP contribution in [0.25, 0.3) is 0 Å². The minimum atomic E-state index is -0.176. The van der Waals surface area contributed by atoms with E-state index in [1.807, 2.05) is 6.07 Å². The summed E-state index contributed by atoms with van der Waals surface area (Å²) in [5, 5.41) is 3.34. The SMILES string of the molecule is COCCNCC(C)CCc1cc(F)cc(Br)c1. The normalized spacial score (nSPS) is 12.7. The second-order valence-electron chi connectivity index (χ2n) is 4.62. The predicted molar refractivity (Wildman–Crippen MR) is 76.3 cm³/mol. The van der Waals surface area contributed by atoms with Gasteiger partial charge in [0.1, 0.15) is 5.82 Å². The molecule has 1 rings (SSSR count). The minimum absolute atomic E-state index is 0.176. The van der Waals surface area contributed by atoms with Crippen LogP contribution in [0.5, 0.6) is 0 Å². The molecule has 0 amide bonds. The van der Waals surface area contributed by atoms with Gasteiger partial charge in [0.2, 0.25) is 0 Å². The van der Waals surface area contributed by atoms with Crippen molar-refractivity contribution >= 4 is 15.9 Å². The van der Waals surface area contributed by atoms with Crippen LogP contribution in [-0.2, 0) is 11.2 Å². The second-order valence-corrected chi connectivity index (χ2v) is 5.53. The average molecular weight is 318 g/mol. The molecule has 1 unspecified atom stereocenters. The van der Waals surface area contributed by atoms with Crippen LogP contribution in [0.1, 0.15) is 18.9 Å². The van der Waals surface area contributed by atoms with Gasteiger partial charge in [0.15, 0.2) is 0 Å². The van der Waals surface area contributed by atoms with E-state index in [2.05, 4.69) is 28.2 Å². The molecule has 1 aromatic rings. The minimum Gasteiger partial charge on any atom is -0.383 e. The van der Waals surface area contributed by atoms with Crippen LogP contribution in [0, 0.1) is 11.7 Å². The van der Waals surface area contributed by atoms with Crippen LogP contribution in [0.2, 0.25) is 0 Å². The number of methoxy groups -OCH3 is 1. The van der Waals surface area contributed by atoms with Gasteiger partial charge in [-0.25, -0.2) is 4.39 Å². The molecular weight excluding hydrogens is 297 g/mol. The smallest absolute Gasteiger partial charge is 0.124 e. The molecule has 0 heterocycles. The molecule has 0 bridgehead atoms. The zero-order valence-electron chi connectivity index (χ0n) is 11.0. The Balaban J connectivity index is 2.26. The van der Waals surface area contributed by atoms with E-state index in [4.69, 9.17) is 4.74 Å². The van der Waals surface area contributed by atoms with Crippen molar-refractivity contribution < 1.29 is 9.13 Å². The van der Waals surface area contributed by atoms with Crippen LogP contribution in [-0.4, -0.2) is 26.8 Å². The van der Waals surface area contributed by atoms with Crippen molar-refractivity contribution in [2.45, 2.75) is 19.8 Å². The van der Waals surface area contributed by atoms with Gasteiger partial charge in [-0.1, -0.05) is 22.9 Å². The van der Waals surface area contributed by atoms with Crippen LogP contribution in [0.4, 0.5) is 4.39 Å². The van der Waals surface area contributed by atoms with Crippen LogP contribution < -0.4 is 5.32 Å². The third-order valence-corrected chi connectivity index (χ3v) is 3.28. The lowest BCUT2D eigenvalue weighted by Crippen LogP contribution is -2.25. The average Bonchev–Trinajstić information content (AvgIpc) is 2.31. The summed E-state index contributed by atoms with van der Waals surface area (Å²) in [5.74, 6) is 0.397. The standard InChI is InChI=1S/C14H21BrFNO/c1-11(10-17-5-6-18-2)3-4-12-7-13(15)9-14(16)8-12/h7-9,11,17H,3-6,10H2,1-2H3. The molecule has 4 heteroatoms. The summed E-state index contributed by atoms with van der Waals surface area (Å²) in [6, 6.07) is 5.07. The highest BCUT2D eigenvalue weighted by Gasteiger charge is 2.04. The van der Waals surface area contributed by atoms with Gasteiger partial charge in [0.25, 0.3) is 0 Å². The van der Waals surface area contributed by atoms with Crippen LogP contribution in [0.3, 0.4) is 0 Å². The van der Waals surface area contributed by atoms with Crippen LogP contribution in [0.15, 0.2) is 22.7 Å². The third kappa shape index (κ3) is 6.47. The largest absolute Gasteiger partial charge is 0.383 e. The van der Waals surface area contributed by atoms with E-state index in [0.29, 0.717) is 5.92 Å². The van der Waals surface area contributed by atoms with Gasteiger partial charge in [-0.15, -0.1) is 0 Å². The Morgan fingerprint density at radius 3 is 2.83 bits per heavy atom. The van der Waals surface area contributed by atoms with Gasteiger partial charge in [0.05, 0.1) is 6.61 Å². The Morgan fingerprint density at radius 1 is 1.39 bits per heavy atom. The number of halogens is 2. The van der Waals surface area contributed by atoms with E-state index >= 15 is 0 Å². The second kappa shape index (κ2) is 8.62. The fourth-order valence-corrected chi connectivity index (χ4v) is 2.31. The number of hydrogen-bond acceptors (Lipinski definition) is 2. The summed E-state index contributed by atoms with van der Waals surface area (Å²) in [6.45, 7) is 4.80.